The van der Waals surface area contributed by atoms with Gasteiger partial charge in [-0.25, -0.2) is 0 Å². The minimum absolute atomic E-state index is 0.0703. The van der Waals surface area contributed by atoms with E-state index < -0.39 is 15.9 Å². The van der Waals surface area contributed by atoms with Crippen LogP contribution in [0.15, 0.2) is 29.2 Å². The molecule has 0 spiro atoms. The van der Waals surface area contributed by atoms with Gasteiger partial charge in [-0.15, -0.1) is 0 Å². The number of hydrogen-bond donors (Lipinski definition) is 0. The van der Waals surface area contributed by atoms with Gasteiger partial charge in [-0.1, -0.05) is 89.0 Å². The molecule has 0 atom stereocenters. The molecule has 0 amide bonds. The fraction of sp³-hybridized carbons (Fsp3) is 0.765. The number of ether oxygens (including phenoxy) is 2. The number of benzene rings is 1. The lowest BCUT2D eigenvalue weighted by Gasteiger charge is -2.32. The molecule has 0 unspecified atom stereocenters. The van der Waals surface area contributed by atoms with E-state index in [1.54, 1.807) is 0 Å². The van der Waals surface area contributed by atoms with E-state index in [2.05, 4.69) is 31.2 Å². The minimum Gasteiger partial charge on any atom is -0.347 e. The van der Waals surface area contributed by atoms with E-state index in [4.69, 9.17) is 13.7 Å². The first-order valence-corrected chi connectivity index (χ1v) is 17.9. The van der Waals surface area contributed by atoms with E-state index in [-0.39, 0.29) is 6.61 Å². The Hall–Kier alpha value is -1.21. The predicted octanol–water partition coefficient (Wildman–Crippen LogP) is 9.02. The zero-order chi connectivity index (χ0) is 27.8. The van der Waals surface area contributed by atoms with E-state index in [0.717, 1.165) is 43.2 Å². The Kier molecular flexibility index (Phi) is 10.8. The molecule has 1 aromatic rings. The Labute approximate surface area is 243 Å². The Morgan fingerprint density at radius 2 is 1.27 bits per heavy atom. The highest BCUT2D eigenvalue weighted by Gasteiger charge is 2.37. The second-order valence-corrected chi connectivity index (χ2v) is 14.3. The van der Waals surface area contributed by atoms with Crippen molar-refractivity contribution in [1.82, 2.24) is 0 Å². The normalized spacial score (nSPS) is 23.7. The van der Waals surface area contributed by atoms with Gasteiger partial charge in [-0.05, 0) is 79.4 Å². The van der Waals surface area contributed by atoms with E-state index in [1.807, 2.05) is 0 Å². The summed E-state index contributed by atoms with van der Waals surface area (Å²) < 4.78 is 46.4. The summed E-state index contributed by atoms with van der Waals surface area (Å²) in [6, 6.07) is 4.63. The van der Waals surface area contributed by atoms with Crippen molar-refractivity contribution in [2.45, 2.75) is 151 Å². The van der Waals surface area contributed by atoms with Crippen molar-refractivity contribution in [2.24, 2.45) is 0 Å². The summed E-state index contributed by atoms with van der Waals surface area (Å²) in [6.45, 7) is 3.24. The van der Waals surface area contributed by atoms with Gasteiger partial charge in [0.15, 0.2) is 5.79 Å². The molecular weight excluding hydrogens is 520 g/mol. The van der Waals surface area contributed by atoms with Gasteiger partial charge in [0.25, 0.3) is 10.1 Å². The van der Waals surface area contributed by atoms with Crippen LogP contribution in [-0.2, 0) is 23.8 Å². The van der Waals surface area contributed by atoms with Crippen LogP contribution in [0.3, 0.4) is 0 Å². The third-order valence-electron chi connectivity index (χ3n) is 9.95. The summed E-state index contributed by atoms with van der Waals surface area (Å²) in [4.78, 5) is 0.527. The third-order valence-corrected chi connectivity index (χ3v) is 11.4. The fourth-order valence-electron chi connectivity index (χ4n) is 7.75. The highest BCUT2D eigenvalue weighted by molar-refractivity contribution is 7.86. The molecule has 1 aliphatic heterocycles. The maximum atomic E-state index is 14.3. The number of rotatable bonds is 11. The van der Waals surface area contributed by atoms with Gasteiger partial charge in [-0.3, -0.25) is 4.18 Å². The summed E-state index contributed by atoms with van der Waals surface area (Å²) in [5.74, 6) is 0.383. The first kappa shape index (κ1) is 30.3. The van der Waals surface area contributed by atoms with Crippen molar-refractivity contribution in [3.63, 3.8) is 0 Å². The third kappa shape index (κ3) is 7.40. The van der Waals surface area contributed by atoms with Gasteiger partial charge in [0.2, 0.25) is 0 Å². The maximum absolute atomic E-state index is 14.3. The van der Waals surface area contributed by atoms with Gasteiger partial charge in [-0.2, -0.15) is 8.42 Å². The highest BCUT2D eigenvalue weighted by atomic mass is 32.2. The van der Waals surface area contributed by atoms with Crippen molar-refractivity contribution in [3.05, 3.63) is 41.0 Å². The van der Waals surface area contributed by atoms with E-state index >= 15 is 0 Å². The Morgan fingerprint density at radius 3 is 1.77 bits per heavy atom. The van der Waals surface area contributed by atoms with Gasteiger partial charge in [0.1, 0.15) is 4.90 Å². The second-order valence-electron chi connectivity index (χ2n) is 12.8. The monoisotopic (exact) mass is 572 g/mol. The lowest BCUT2D eigenvalue weighted by atomic mass is 9.76. The van der Waals surface area contributed by atoms with Crippen molar-refractivity contribution in [3.8, 4) is 0 Å². The molecule has 4 aliphatic rings. The molecule has 4 fully saturated rings. The van der Waals surface area contributed by atoms with Crippen molar-refractivity contribution in [2.75, 3.05) is 19.8 Å². The van der Waals surface area contributed by atoms with Crippen molar-refractivity contribution >= 4 is 10.1 Å². The fourth-order valence-corrected chi connectivity index (χ4v) is 9.20. The Morgan fingerprint density at radius 1 is 0.775 bits per heavy atom. The smallest absolute Gasteiger partial charge is 0.297 e. The summed E-state index contributed by atoms with van der Waals surface area (Å²) in [5.41, 5.74) is 3.53. The van der Waals surface area contributed by atoms with Crippen molar-refractivity contribution < 1.29 is 22.1 Å². The SMILES string of the molecule is CCC=CCC1(CCOS(=O)(=O)c2c(C3CCCCC3)cc(C3CCCCC3)cc2C2CCCCC2)OCCO1. The quantitative estimate of drug-likeness (QED) is 0.196. The molecule has 1 heterocycles. The predicted molar refractivity (Wildman–Crippen MR) is 160 cm³/mol. The molecular formula is C34H52O5S. The van der Waals surface area contributed by atoms with Crippen molar-refractivity contribution in [1.29, 1.82) is 0 Å². The molecule has 224 valence electrons. The van der Waals surface area contributed by atoms with Gasteiger partial charge >= 0.3 is 0 Å². The molecule has 5 nitrogen and oxygen atoms in total. The lowest BCUT2D eigenvalue weighted by molar-refractivity contribution is -0.162. The molecule has 0 radical (unpaired) electrons. The maximum Gasteiger partial charge on any atom is 0.297 e. The van der Waals surface area contributed by atoms with Crippen LogP contribution in [0, 0.1) is 0 Å². The molecule has 1 aromatic carbocycles. The standard InChI is InChI=1S/C34H52O5S/c1-2-3-13-20-34(37-23-24-38-34)21-22-39-40(35,36)33-31(28-16-9-5-10-17-28)25-30(27-14-7-4-8-15-27)26-32(33)29-18-11-6-12-19-29/h3,13,25-29H,2,4-12,14-24H2,1H3. The highest BCUT2D eigenvalue weighted by Crippen LogP contribution is 2.46. The van der Waals surface area contributed by atoms with Gasteiger partial charge in [0, 0.05) is 12.8 Å². The molecule has 3 saturated carbocycles. The summed E-state index contributed by atoms with van der Waals surface area (Å²) in [5, 5.41) is 0. The summed E-state index contributed by atoms with van der Waals surface area (Å²) in [7, 11) is -3.94. The van der Waals surface area contributed by atoms with Crippen LogP contribution >= 0.6 is 0 Å². The molecule has 0 bridgehead atoms. The molecule has 1 saturated heterocycles. The average Bonchev–Trinajstić information content (AvgIpc) is 3.46. The zero-order valence-corrected chi connectivity index (χ0v) is 25.7. The minimum atomic E-state index is -3.94. The molecule has 0 aromatic heterocycles. The van der Waals surface area contributed by atoms with Crippen LogP contribution in [0.4, 0.5) is 0 Å². The average molecular weight is 573 g/mol. The Bertz CT molecular complexity index is 1030. The van der Waals surface area contributed by atoms with Crippen LogP contribution < -0.4 is 0 Å². The Balaban J connectivity index is 1.48. The lowest BCUT2D eigenvalue weighted by Crippen LogP contribution is -2.31. The molecule has 3 aliphatic carbocycles. The van der Waals surface area contributed by atoms with Gasteiger partial charge in [0.05, 0.1) is 19.8 Å². The summed E-state index contributed by atoms with van der Waals surface area (Å²) >= 11 is 0. The topological polar surface area (TPSA) is 61.8 Å². The van der Waals surface area contributed by atoms with Crippen LogP contribution in [0.2, 0.25) is 0 Å². The second kappa shape index (κ2) is 14.3. The van der Waals surface area contributed by atoms with Crippen LogP contribution in [0.25, 0.3) is 0 Å². The number of hydrogen-bond acceptors (Lipinski definition) is 5. The van der Waals surface area contributed by atoms with E-state index in [0.29, 0.717) is 48.7 Å². The first-order valence-electron chi connectivity index (χ1n) is 16.5. The van der Waals surface area contributed by atoms with E-state index in [1.165, 1.54) is 76.2 Å². The number of allylic oxidation sites excluding steroid dienone is 1. The van der Waals surface area contributed by atoms with Crippen LogP contribution in [0.1, 0.15) is 157 Å². The van der Waals surface area contributed by atoms with Crippen LogP contribution in [0.5, 0.6) is 0 Å². The van der Waals surface area contributed by atoms with Crippen LogP contribution in [-0.4, -0.2) is 34.0 Å². The zero-order valence-electron chi connectivity index (χ0n) is 24.8. The molecule has 6 heteroatoms. The first-order chi connectivity index (χ1) is 19.5. The molecule has 5 rings (SSSR count). The molecule has 40 heavy (non-hydrogen) atoms. The van der Waals surface area contributed by atoms with E-state index in [9.17, 15) is 8.42 Å². The van der Waals surface area contributed by atoms with Gasteiger partial charge < -0.3 is 9.47 Å². The summed E-state index contributed by atoms with van der Waals surface area (Å²) in [6.07, 6.45) is 24.0. The largest absolute Gasteiger partial charge is 0.347 e. The molecule has 0 N–H and O–H groups in total.